The topological polar surface area (TPSA) is 15.3 Å². The Morgan fingerprint density at radius 2 is 2.10 bits per heavy atom. The Morgan fingerprint density at radius 1 is 1.30 bits per heavy atom. The van der Waals surface area contributed by atoms with Gasteiger partial charge in [0.2, 0.25) is 0 Å². The van der Waals surface area contributed by atoms with Crippen molar-refractivity contribution >= 4 is 5.69 Å². The van der Waals surface area contributed by atoms with Gasteiger partial charge in [-0.3, -0.25) is 0 Å². The molecule has 2 nitrogen and oxygen atoms in total. The summed E-state index contributed by atoms with van der Waals surface area (Å²) in [5, 5.41) is 3.60. The van der Waals surface area contributed by atoms with Gasteiger partial charge in [0, 0.05) is 31.4 Å². The van der Waals surface area contributed by atoms with E-state index in [-0.39, 0.29) is 0 Å². The highest BCUT2D eigenvalue weighted by molar-refractivity contribution is 5.55. The number of nitrogens with zero attached hydrogens (tertiary/aromatic N) is 1. The van der Waals surface area contributed by atoms with E-state index >= 15 is 0 Å². The molecule has 1 N–H and O–H groups in total. The summed E-state index contributed by atoms with van der Waals surface area (Å²) in [6.07, 6.45) is 5.39. The van der Waals surface area contributed by atoms with Gasteiger partial charge in [0.15, 0.2) is 0 Å². The number of hydrogen-bond donors (Lipinski definition) is 1. The average molecular weight is 272 g/mol. The van der Waals surface area contributed by atoms with E-state index in [0.717, 1.165) is 12.6 Å². The Labute approximate surface area is 123 Å². The number of nitrogens with one attached hydrogen (secondary N) is 1. The molecule has 0 aromatic heterocycles. The molecule has 0 atom stereocenters. The van der Waals surface area contributed by atoms with E-state index in [1.807, 2.05) is 0 Å². The molecule has 110 valence electrons. The van der Waals surface area contributed by atoms with Crippen molar-refractivity contribution < 1.29 is 0 Å². The maximum absolute atomic E-state index is 3.60. The second-order valence-electron chi connectivity index (χ2n) is 7.47. The quantitative estimate of drug-likeness (QED) is 0.895. The van der Waals surface area contributed by atoms with Crippen molar-refractivity contribution in [3.63, 3.8) is 0 Å². The van der Waals surface area contributed by atoms with Crippen LogP contribution in [0.25, 0.3) is 0 Å². The minimum Gasteiger partial charge on any atom is -0.371 e. The molecule has 0 radical (unpaired) electrons. The molecule has 0 spiro atoms. The molecule has 1 aromatic rings. The van der Waals surface area contributed by atoms with Crippen LogP contribution in [0.3, 0.4) is 0 Å². The number of rotatable bonds is 4. The van der Waals surface area contributed by atoms with E-state index in [4.69, 9.17) is 0 Å². The first-order valence-corrected chi connectivity index (χ1v) is 8.11. The van der Waals surface area contributed by atoms with Gasteiger partial charge in [-0.1, -0.05) is 26.0 Å². The molecular weight excluding hydrogens is 244 g/mol. The predicted molar refractivity (Wildman–Crippen MR) is 86.3 cm³/mol. The van der Waals surface area contributed by atoms with Gasteiger partial charge in [-0.25, -0.2) is 0 Å². The summed E-state index contributed by atoms with van der Waals surface area (Å²) < 4.78 is 0. The first kappa shape index (κ1) is 13.9. The molecule has 3 rings (SSSR count). The maximum atomic E-state index is 3.60. The van der Waals surface area contributed by atoms with Gasteiger partial charge in [-0.2, -0.15) is 0 Å². The van der Waals surface area contributed by atoms with Crippen LogP contribution >= 0.6 is 0 Å². The Bertz CT molecular complexity index is 474. The number of hydrogen-bond acceptors (Lipinski definition) is 2. The summed E-state index contributed by atoms with van der Waals surface area (Å²) >= 11 is 0. The Hall–Kier alpha value is -1.02. The SMILES string of the molecule is Cc1cc(CNC2CC2)ccc1N1CCCC(C)(C)C1. The second-order valence-corrected chi connectivity index (χ2v) is 7.47. The molecule has 1 aliphatic heterocycles. The summed E-state index contributed by atoms with van der Waals surface area (Å²) in [6.45, 7) is 10.5. The van der Waals surface area contributed by atoms with Crippen LogP contribution in [0, 0.1) is 12.3 Å². The highest BCUT2D eigenvalue weighted by Crippen LogP contribution is 2.33. The highest BCUT2D eigenvalue weighted by Gasteiger charge is 2.27. The molecule has 1 saturated heterocycles. The van der Waals surface area contributed by atoms with Crippen molar-refractivity contribution in [3.8, 4) is 0 Å². The lowest BCUT2D eigenvalue weighted by Gasteiger charge is -2.40. The number of aryl methyl sites for hydroxylation is 1. The van der Waals surface area contributed by atoms with Crippen LogP contribution in [0.5, 0.6) is 0 Å². The van der Waals surface area contributed by atoms with Crippen LogP contribution in [-0.2, 0) is 6.54 Å². The fourth-order valence-corrected chi connectivity index (χ4v) is 3.36. The van der Waals surface area contributed by atoms with Gasteiger partial charge in [-0.05, 0) is 55.2 Å². The van der Waals surface area contributed by atoms with E-state index in [1.54, 1.807) is 0 Å². The van der Waals surface area contributed by atoms with Crippen LogP contribution < -0.4 is 10.2 Å². The van der Waals surface area contributed by atoms with Gasteiger partial charge in [-0.15, -0.1) is 0 Å². The van der Waals surface area contributed by atoms with Gasteiger partial charge in [0.1, 0.15) is 0 Å². The molecule has 1 heterocycles. The Kier molecular flexibility index (Phi) is 3.76. The molecule has 2 aliphatic rings. The monoisotopic (exact) mass is 272 g/mol. The molecule has 2 heteroatoms. The van der Waals surface area contributed by atoms with Gasteiger partial charge >= 0.3 is 0 Å². The Morgan fingerprint density at radius 3 is 2.75 bits per heavy atom. The van der Waals surface area contributed by atoms with E-state index < -0.39 is 0 Å². The van der Waals surface area contributed by atoms with E-state index in [1.165, 1.54) is 55.6 Å². The number of benzene rings is 1. The molecule has 2 fully saturated rings. The molecule has 0 bridgehead atoms. The first-order chi connectivity index (χ1) is 9.53. The van der Waals surface area contributed by atoms with Crippen LogP contribution in [-0.4, -0.2) is 19.1 Å². The van der Waals surface area contributed by atoms with E-state index in [2.05, 4.69) is 49.2 Å². The van der Waals surface area contributed by atoms with Crippen molar-refractivity contribution in [2.45, 2.75) is 59.0 Å². The van der Waals surface area contributed by atoms with Crippen molar-refractivity contribution in [2.75, 3.05) is 18.0 Å². The molecular formula is C18H28N2. The third kappa shape index (κ3) is 3.35. The van der Waals surface area contributed by atoms with Gasteiger partial charge < -0.3 is 10.2 Å². The fraction of sp³-hybridized carbons (Fsp3) is 0.667. The van der Waals surface area contributed by atoms with Crippen molar-refractivity contribution in [1.29, 1.82) is 0 Å². The predicted octanol–water partition coefficient (Wildman–Crippen LogP) is 3.87. The summed E-state index contributed by atoms with van der Waals surface area (Å²) in [5.41, 5.74) is 4.75. The normalized spacial score (nSPS) is 22.1. The van der Waals surface area contributed by atoms with Crippen molar-refractivity contribution in [1.82, 2.24) is 5.32 Å². The lowest BCUT2D eigenvalue weighted by molar-refractivity contribution is 0.293. The molecule has 0 amide bonds. The zero-order chi connectivity index (χ0) is 14.2. The summed E-state index contributed by atoms with van der Waals surface area (Å²) in [4.78, 5) is 2.58. The molecule has 20 heavy (non-hydrogen) atoms. The van der Waals surface area contributed by atoms with E-state index in [0.29, 0.717) is 5.41 Å². The van der Waals surface area contributed by atoms with Crippen LogP contribution in [0.2, 0.25) is 0 Å². The van der Waals surface area contributed by atoms with Crippen LogP contribution in [0.4, 0.5) is 5.69 Å². The standard InChI is InChI=1S/C18H28N2/c1-14-11-15(12-19-16-6-7-16)5-8-17(14)20-10-4-9-18(2,3)13-20/h5,8,11,16,19H,4,6-7,9-10,12-13H2,1-3H3. The first-order valence-electron chi connectivity index (χ1n) is 8.11. The summed E-state index contributed by atoms with van der Waals surface area (Å²) in [7, 11) is 0. The zero-order valence-electron chi connectivity index (χ0n) is 13.2. The molecule has 1 aromatic carbocycles. The minimum atomic E-state index is 0.455. The summed E-state index contributed by atoms with van der Waals surface area (Å²) in [6, 6.07) is 7.80. The third-order valence-electron chi connectivity index (χ3n) is 4.67. The highest BCUT2D eigenvalue weighted by atomic mass is 15.1. The molecule has 0 unspecified atom stereocenters. The second kappa shape index (κ2) is 5.40. The van der Waals surface area contributed by atoms with Gasteiger partial charge in [0.25, 0.3) is 0 Å². The average Bonchev–Trinajstić information content (AvgIpc) is 3.19. The van der Waals surface area contributed by atoms with E-state index in [9.17, 15) is 0 Å². The molecule has 1 aliphatic carbocycles. The Balaban J connectivity index is 1.69. The smallest absolute Gasteiger partial charge is 0.0396 e. The lowest BCUT2D eigenvalue weighted by atomic mass is 9.84. The fourth-order valence-electron chi connectivity index (χ4n) is 3.36. The lowest BCUT2D eigenvalue weighted by Crippen LogP contribution is -2.40. The molecule has 1 saturated carbocycles. The van der Waals surface area contributed by atoms with Crippen LogP contribution in [0.15, 0.2) is 18.2 Å². The number of anilines is 1. The third-order valence-corrected chi connectivity index (χ3v) is 4.67. The van der Waals surface area contributed by atoms with Crippen molar-refractivity contribution in [3.05, 3.63) is 29.3 Å². The minimum absolute atomic E-state index is 0.455. The van der Waals surface area contributed by atoms with Crippen LogP contribution in [0.1, 0.15) is 50.7 Å². The maximum Gasteiger partial charge on any atom is 0.0396 e. The summed E-state index contributed by atoms with van der Waals surface area (Å²) in [5.74, 6) is 0. The largest absolute Gasteiger partial charge is 0.371 e. The number of piperidine rings is 1. The zero-order valence-corrected chi connectivity index (χ0v) is 13.2. The van der Waals surface area contributed by atoms with Crippen molar-refractivity contribution in [2.24, 2.45) is 5.41 Å². The van der Waals surface area contributed by atoms with Gasteiger partial charge in [0.05, 0.1) is 0 Å².